The summed E-state index contributed by atoms with van der Waals surface area (Å²) in [6.07, 6.45) is -0.0521. The smallest absolute Gasteiger partial charge is 0.228 e. The van der Waals surface area contributed by atoms with Crippen LogP contribution >= 0.6 is 0 Å². The van der Waals surface area contributed by atoms with E-state index in [9.17, 15) is 18.0 Å². The van der Waals surface area contributed by atoms with Gasteiger partial charge in [0.1, 0.15) is 0 Å². The fourth-order valence-electron chi connectivity index (χ4n) is 1.71. The van der Waals surface area contributed by atoms with E-state index < -0.39 is 29.0 Å². The van der Waals surface area contributed by atoms with Gasteiger partial charge in [-0.25, -0.2) is 13.2 Å². The first-order valence-corrected chi connectivity index (χ1v) is 5.75. The molecular weight excluding hydrogens is 269 g/mol. The second kappa shape index (κ2) is 5.64. The van der Waals surface area contributed by atoms with Crippen molar-refractivity contribution in [3.8, 4) is 0 Å². The molecule has 0 saturated carbocycles. The molecule has 0 aliphatic rings. The third-order valence-electron chi connectivity index (χ3n) is 2.62. The Morgan fingerprint density at radius 1 is 1.10 bits per heavy atom. The first-order chi connectivity index (χ1) is 9.47. The number of nitrogen functional groups attached to an aromatic ring is 1. The van der Waals surface area contributed by atoms with Crippen LogP contribution in [0.4, 0.5) is 24.5 Å². The number of benzene rings is 2. The van der Waals surface area contributed by atoms with Gasteiger partial charge >= 0.3 is 0 Å². The average Bonchev–Trinajstić information content (AvgIpc) is 2.39. The van der Waals surface area contributed by atoms with Crippen LogP contribution in [0.2, 0.25) is 0 Å². The van der Waals surface area contributed by atoms with Crippen molar-refractivity contribution < 1.29 is 18.0 Å². The van der Waals surface area contributed by atoms with Gasteiger partial charge in [0.25, 0.3) is 0 Å². The molecule has 0 bridgehead atoms. The molecule has 1 amide bonds. The van der Waals surface area contributed by atoms with E-state index in [0.717, 1.165) is 12.1 Å². The maximum Gasteiger partial charge on any atom is 0.228 e. The Balaban J connectivity index is 2.11. The largest absolute Gasteiger partial charge is 0.399 e. The zero-order valence-electron chi connectivity index (χ0n) is 10.3. The number of carbonyl (C=O) groups excluding carboxylic acids is 1. The molecular formula is C14H11F3N2O. The van der Waals surface area contributed by atoms with Gasteiger partial charge in [-0.05, 0) is 29.8 Å². The number of amides is 1. The van der Waals surface area contributed by atoms with Gasteiger partial charge in [-0.1, -0.05) is 12.1 Å². The minimum atomic E-state index is -1.62. The van der Waals surface area contributed by atoms with E-state index >= 15 is 0 Å². The average molecular weight is 280 g/mol. The molecule has 2 aromatic carbocycles. The number of hydrogen-bond donors (Lipinski definition) is 2. The van der Waals surface area contributed by atoms with Gasteiger partial charge in [0.05, 0.1) is 12.1 Å². The van der Waals surface area contributed by atoms with Crippen LogP contribution in [-0.2, 0) is 11.2 Å². The van der Waals surface area contributed by atoms with E-state index in [2.05, 4.69) is 5.32 Å². The van der Waals surface area contributed by atoms with E-state index in [1.807, 2.05) is 0 Å². The highest BCUT2D eigenvalue weighted by molar-refractivity contribution is 5.92. The predicted molar refractivity (Wildman–Crippen MR) is 69.5 cm³/mol. The zero-order valence-corrected chi connectivity index (χ0v) is 10.3. The summed E-state index contributed by atoms with van der Waals surface area (Å²) >= 11 is 0. The second-order valence-corrected chi connectivity index (χ2v) is 4.19. The molecule has 0 fully saturated rings. The molecule has 0 aliphatic carbocycles. The van der Waals surface area contributed by atoms with Gasteiger partial charge in [-0.2, -0.15) is 0 Å². The van der Waals surface area contributed by atoms with Crippen molar-refractivity contribution in [1.29, 1.82) is 0 Å². The van der Waals surface area contributed by atoms with Crippen LogP contribution in [0, 0.1) is 17.5 Å². The van der Waals surface area contributed by atoms with Gasteiger partial charge in [0, 0.05) is 5.69 Å². The number of carbonyl (C=O) groups is 1. The highest BCUT2D eigenvalue weighted by Gasteiger charge is 2.15. The number of nitrogens with one attached hydrogen (secondary N) is 1. The molecule has 2 rings (SSSR count). The number of hydrogen-bond acceptors (Lipinski definition) is 2. The monoisotopic (exact) mass is 280 g/mol. The molecule has 6 heteroatoms. The summed E-state index contributed by atoms with van der Waals surface area (Å²) < 4.78 is 39.1. The maximum atomic E-state index is 13.4. The normalized spacial score (nSPS) is 10.3. The van der Waals surface area contributed by atoms with Crippen LogP contribution in [0.1, 0.15) is 5.56 Å². The van der Waals surface area contributed by atoms with Crippen LogP contribution in [0.5, 0.6) is 0 Å². The molecule has 0 atom stereocenters. The second-order valence-electron chi connectivity index (χ2n) is 4.19. The predicted octanol–water partition coefficient (Wildman–Crippen LogP) is 2.87. The van der Waals surface area contributed by atoms with Crippen LogP contribution in [0.25, 0.3) is 0 Å². The fourth-order valence-corrected chi connectivity index (χ4v) is 1.71. The number of halogens is 3. The molecule has 3 N–H and O–H groups in total. The van der Waals surface area contributed by atoms with Crippen molar-refractivity contribution in [3.05, 3.63) is 59.4 Å². The number of anilines is 2. The summed E-state index contributed by atoms with van der Waals surface area (Å²) in [6.45, 7) is 0. The van der Waals surface area contributed by atoms with Crippen molar-refractivity contribution in [2.45, 2.75) is 6.42 Å². The summed E-state index contributed by atoms with van der Waals surface area (Å²) in [6, 6.07) is 8.32. The van der Waals surface area contributed by atoms with Gasteiger partial charge in [0.2, 0.25) is 5.91 Å². The molecule has 0 heterocycles. The Labute approximate surface area is 113 Å². The third kappa shape index (κ3) is 3.09. The van der Waals surface area contributed by atoms with E-state index in [1.165, 1.54) is 0 Å². The molecule has 2 aromatic rings. The van der Waals surface area contributed by atoms with E-state index in [0.29, 0.717) is 11.3 Å². The van der Waals surface area contributed by atoms with Crippen LogP contribution < -0.4 is 11.1 Å². The minimum absolute atomic E-state index is 0.0521. The maximum absolute atomic E-state index is 13.4. The van der Waals surface area contributed by atoms with Crippen molar-refractivity contribution >= 4 is 17.3 Å². The van der Waals surface area contributed by atoms with Gasteiger partial charge in [-0.3, -0.25) is 4.79 Å². The van der Waals surface area contributed by atoms with E-state index in [1.54, 1.807) is 24.3 Å². The topological polar surface area (TPSA) is 55.1 Å². The first-order valence-electron chi connectivity index (χ1n) is 5.75. The van der Waals surface area contributed by atoms with Crippen LogP contribution in [0.3, 0.4) is 0 Å². The first kappa shape index (κ1) is 13.9. The van der Waals surface area contributed by atoms with Crippen molar-refractivity contribution in [2.24, 2.45) is 0 Å². The van der Waals surface area contributed by atoms with Crippen molar-refractivity contribution in [3.63, 3.8) is 0 Å². The lowest BCUT2D eigenvalue weighted by Crippen LogP contribution is -2.16. The third-order valence-corrected chi connectivity index (χ3v) is 2.62. The Hall–Kier alpha value is -2.50. The molecule has 104 valence electrons. The summed E-state index contributed by atoms with van der Waals surface area (Å²) in [5, 5.41) is 2.18. The summed E-state index contributed by atoms with van der Waals surface area (Å²) in [5.74, 6) is -4.91. The Morgan fingerprint density at radius 2 is 1.85 bits per heavy atom. The molecule has 0 spiro atoms. The standard InChI is InChI=1S/C14H11F3N2O/c15-10-4-5-11(14(17)13(10)16)19-12(20)7-8-2-1-3-9(18)6-8/h1-6H,7,18H2,(H,19,20). The number of nitrogens with two attached hydrogens (primary N) is 1. The molecule has 0 aromatic heterocycles. The lowest BCUT2D eigenvalue weighted by molar-refractivity contribution is -0.115. The lowest BCUT2D eigenvalue weighted by Gasteiger charge is -2.07. The van der Waals surface area contributed by atoms with E-state index in [-0.39, 0.29) is 6.42 Å². The molecule has 0 radical (unpaired) electrons. The van der Waals surface area contributed by atoms with Crippen molar-refractivity contribution in [1.82, 2.24) is 0 Å². The Bertz CT molecular complexity index is 659. The van der Waals surface area contributed by atoms with Crippen LogP contribution in [-0.4, -0.2) is 5.91 Å². The molecule has 0 unspecified atom stereocenters. The van der Waals surface area contributed by atoms with E-state index in [4.69, 9.17) is 5.73 Å². The molecule has 20 heavy (non-hydrogen) atoms. The quantitative estimate of drug-likeness (QED) is 0.671. The SMILES string of the molecule is Nc1cccc(CC(=O)Nc2ccc(F)c(F)c2F)c1. The number of rotatable bonds is 3. The lowest BCUT2D eigenvalue weighted by atomic mass is 10.1. The molecule has 0 aliphatic heterocycles. The Morgan fingerprint density at radius 3 is 2.55 bits per heavy atom. The molecule has 3 nitrogen and oxygen atoms in total. The van der Waals surface area contributed by atoms with Crippen LogP contribution in [0.15, 0.2) is 36.4 Å². The van der Waals surface area contributed by atoms with Crippen molar-refractivity contribution in [2.75, 3.05) is 11.1 Å². The fraction of sp³-hybridized carbons (Fsp3) is 0.0714. The summed E-state index contributed by atoms with van der Waals surface area (Å²) in [4.78, 5) is 11.7. The van der Waals surface area contributed by atoms with Gasteiger partial charge < -0.3 is 11.1 Å². The highest BCUT2D eigenvalue weighted by Crippen LogP contribution is 2.20. The van der Waals surface area contributed by atoms with Gasteiger partial charge in [0.15, 0.2) is 17.5 Å². The zero-order chi connectivity index (χ0) is 14.7. The minimum Gasteiger partial charge on any atom is -0.399 e. The molecule has 0 saturated heterocycles. The summed E-state index contributed by atoms with van der Waals surface area (Å²) in [7, 11) is 0. The Kier molecular flexibility index (Phi) is 3.93. The van der Waals surface area contributed by atoms with Gasteiger partial charge in [-0.15, -0.1) is 0 Å². The summed E-state index contributed by atoms with van der Waals surface area (Å²) in [5.41, 5.74) is 6.28. The highest BCUT2D eigenvalue weighted by atomic mass is 19.2.